The highest BCUT2D eigenvalue weighted by Gasteiger charge is 2.24. The summed E-state index contributed by atoms with van der Waals surface area (Å²) in [6, 6.07) is 0. The van der Waals surface area contributed by atoms with Crippen LogP contribution >= 0.6 is 0 Å². The van der Waals surface area contributed by atoms with Crippen molar-refractivity contribution >= 4 is 5.91 Å². The van der Waals surface area contributed by atoms with E-state index in [0.29, 0.717) is 5.92 Å². The molecule has 1 amide bonds. The lowest BCUT2D eigenvalue weighted by Gasteiger charge is -2.22. The van der Waals surface area contributed by atoms with Gasteiger partial charge in [0.2, 0.25) is 5.91 Å². The van der Waals surface area contributed by atoms with Gasteiger partial charge >= 0.3 is 0 Å². The first-order chi connectivity index (χ1) is 7.68. The van der Waals surface area contributed by atoms with Gasteiger partial charge in [0.25, 0.3) is 0 Å². The van der Waals surface area contributed by atoms with Crippen LogP contribution in [0.1, 0.15) is 33.1 Å². The summed E-state index contributed by atoms with van der Waals surface area (Å²) in [5, 5.41) is 6.24. The second-order valence-electron chi connectivity index (χ2n) is 5.21. The summed E-state index contributed by atoms with van der Waals surface area (Å²) in [5.74, 6) is 1.61. The maximum atomic E-state index is 11.8. The molecule has 0 radical (unpaired) electrons. The first kappa shape index (κ1) is 11.6. The van der Waals surface area contributed by atoms with Crippen LogP contribution in [0.15, 0.2) is 11.1 Å². The Kier molecular flexibility index (Phi) is 3.64. The fourth-order valence-electron chi connectivity index (χ4n) is 2.56. The molecule has 0 aromatic rings. The highest BCUT2D eigenvalue weighted by Crippen LogP contribution is 2.30. The fraction of sp³-hybridized carbons (Fsp3) is 0.769. The van der Waals surface area contributed by atoms with Gasteiger partial charge in [-0.2, -0.15) is 0 Å². The van der Waals surface area contributed by atoms with Gasteiger partial charge in [0.15, 0.2) is 0 Å². The third-order valence-corrected chi connectivity index (χ3v) is 4.11. The lowest BCUT2D eigenvalue weighted by atomic mass is 9.98. The first-order valence-corrected chi connectivity index (χ1v) is 6.36. The zero-order chi connectivity index (χ0) is 11.5. The monoisotopic (exact) mass is 222 g/mol. The highest BCUT2D eigenvalue weighted by molar-refractivity contribution is 5.93. The average molecular weight is 222 g/mol. The minimum Gasteiger partial charge on any atom is -0.352 e. The van der Waals surface area contributed by atoms with Gasteiger partial charge in [0.05, 0.1) is 0 Å². The van der Waals surface area contributed by atoms with E-state index >= 15 is 0 Å². The van der Waals surface area contributed by atoms with Crippen LogP contribution in [0.4, 0.5) is 0 Å². The Hall–Kier alpha value is -0.830. The summed E-state index contributed by atoms with van der Waals surface area (Å²) in [4.78, 5) is 11.8. The summed E-state index contributed by atoms with van der Waals surface area (Å²) in [5.41, 5.74) is 2.18. The van der Waals surface area contributed by atoms with Crippen molar-refractivity contribution in [2.24, 2.45) is 11.8 Å². The normalized spacial score (nSPS) is 28.8. The van der Waals surface area contributed by atoms with Crippen molar-refractivity contribution in [1.29, 1.82) is 0 Å². The van der Waals surface area contributed by atoms with Gasteiger partial charge in [-0.05, 0) is 30.8 Å². The van der Waals surface area contributed by atoms with E-state index < -0.39 is 0 Å². The zero-order valence-corrected chi connectivity index (χ0v) is 10.3. The van der Waals surface area contributed by atoms with E-state index in [1.807, 2.05) is 6.92 Å². The second-order valence-corrected chi connectivity index (χ2v) is 5.21. The molecule has 1 aliphatic heterocycles. The summed E-state index contributed by atoms with van der Waals surface area (Å²) in [6.07, 6.45) is 3.93. The second kappa shape index (κ2) is 5.00. The Morgan fingerprint density at radius 2 is 2.19 bits per heavy atom. The predicted octanol–water partition coefficient (Wildman–Crippen LogP) is 1.46. The molecule has 2 atom stereocenters. The van der Waals surface area contributed by atoms with Crippen molar-refractivity contribution in [1.82, 2.24) is 10.6 Å². The van der Waals surface area contributed by atoms with Crippen molar-refractivity contribution in [2.75, 3.05) is 19.6 Å². The molecule has 1 saturated carbocycles. The van der Waals surface area contributed by atoms with E-state index in [0.717, 1.165) is 31.1 Å². The Morgan fingerprint density at radius 3 is 2.69 bits per heavy atom. The molecule has 2 fully saturated rings. The molecule has 1 aliphatic carbocycles. The number of nitrogens with one attached hydrogen (secondary N) is 2. The standard InChI is InChI=1S/C13H22N2O/c1-9-4-3-5-11(9)8-15-13(16)10(2)12-6-14-7-12/h9,11,14H,3-8H2,1-2H3,(H,15,16). The van der Waals surface area contributed by atoms with Gasteiger partial charge in [-0.25, -0.2) is 0 Å². The topological polar surface area (TPSA) is 41.1 Å². The fourth-order valence-corrected chi connectivity index (χ4v) is 2.56. The van der Waals surface area contributed by atoms with Crippen LogP contribution in [0.3, 0.4) is 0 Å². The number of hydrogen-bond acceptors (Lipinski definition) is 2. The maximum absolute atomic E-state index is 11.8. The number of carbonyl (C=O) groups excluding carboxylic acids is 1. The molecule has 16 heavy (non-hydrogen) atoms. The Labute approximate surface area is 97.7 Å². The molecule has 1 heterocycles. The number of carbonyl (C=O) groups is 1. The van der Waals surface area contributed by atoms with Crippen molar-refractivity contribution in [2.45, 2.75) is 33.1 Å². The molecule has 0 aromatic carbocycles. The van der Waals surface area contributed by atoms with Crippen molar-refractivity contribution < 1.29 is 4.79 Å². The SMILES string of the molecule is CC(C(=O)NCC1CCCC1C)=C1CNC1. The largest absolute Gasteiger partial charge is 0.352 e. The number of amides is 1. The van der Waals surface area contributed by atoms with Crippen LogP contribution in [-0.4, -0.2) is 25.5 Å². The number of hydrogen-bond donors (Lipinski definition) is 2. The third kappa shape index (κ3) is 2.46. The molecular formula is C13H22N2O. The number of rotatable bonds is 3. The van der Waals surface area contributed by atoms with Crippen LogP contribution in [-0.2, 0) is 4.79 Å². The zero-order valence-electron chi connectivity index (χ0n) is 10.3. The average Bonchev–Trinajstić information content (AvgIpc) is 2.57. The Morgan fingerprint density at radius 1 is 1.44 bits per heavy atom. The Bertz CT molecular complexity index is 303. The maximum Gasteiger partial charge on any atom is 0.246 e. The lowest BCUT2D eigenvalue weighted by Crippen LogP contribution is -2.38. The molecule has 0 spiro atoms. The van der Waals surface area contributed by atoms with Gasteiger partial charge in [-0.3, -0.25) is 4.79 Å². The molecule has 3 heteroatoms. The van der Waals surface area contributed by atoms with Gasteiger partial charge in [0, 0.05) is 25.2 Å². The summed E-state index contributed by atoms with van der Waals surface area (Å²) < 4.78 is 0. The van der Waals surface area contributed by atoms with E-state index in [2.05, 4.69) is 17.6 Å². The van der Waals surface area contributed by atoms with Crippen LogP contribution in [0.25, 0.3) is 0 Å². The van der Waals surface area contributed by atoms with Crippen LogP contribution in [0.2, 0.25) is 0 Å². The van der Waals surface area contributed by atoms with Gasteiger partial charge in [0.1, 0.15) is 0 Å². The summed E-state index contributed by atoms with van der Waals surface area (Å²) in [6.45, 7) is 6.87. The van der Waals surface area contributed by atoms with Crippen molar-refractivity contribution in [3.05, 3.63) is 11.1 Å². The van der Waals surface area contributed by atoms with E-state index in [1.54, 1.807) is 0 Å². The molecule has 2 rings (SSSR count). The van der Waals surface area contributed by atoms with Crippen molar-refractivity contribution in [3.8, 4) is 0 Å². The van der Waals surface area contributed by atoms with Crippen molar-refractivity contribution in [3.63, 3.8) is 0 Å². The van der Waals surface area contributed by atoms with Crippen LogP contribution in [0, 0.1) is 11.8 Å². The first-order valence-electron chi connectivity index (χ1n) is 6.36. The molecular weight excluding hydrogens is 200 g/mol. The van der Waals surface area contributed by atoms with Crippen LogP contribution < -0.4 is 10.6 Å². The lowest BCUT2D eigenvalue weighted by molar-refractivity contribution is -0.117. The molecule has 2 N–H and O–H groups in total. The molecule has 0 aromatic heterocycles. The van der Waals surface area contributed by atoms with Crippen LogP contribution in [0.5, 0.6) is 0 Å². The minimum absolute atomic E-state index is 0.135. The highest BCUT2D eigenvalue weighted by atomic mass is 16.1. The molecule has 90 valence electrons. The smallest absolute Gasteiger partial charge is 0.246 e. The molecule has 2 unspecified atom stereocenters. The van der Waals surface area contributed by atoms with Gasteiger partial charge in [-0.1, -0.05) is 19.8 Å². The van der Waals surface area contributed by atoms with Gasteiger partial charge in [-0.15, -0.1) is 0 Å². The van der Waals surface area contributed by atoms with E-state index in [-0.39, 0.29) is 5.91 Å². The molecule has 0 bridgehead atoms. The Balaban J connectivity index is 1.79. The predicted molar refractivity (Wildman–Crippen MR) is 65.1 cm³/mol. The van der Waals surface area contributed by atoms with E-state index in [9.17, 15) is 4.79 Å². The van der Waals surface area contributed by atoms with E-state index in [1.165, 1.54) is 24.8 Å². The van der Waals surface area contributed by atoms with E-state index in [4.69, 9.17) is 0 Å². The van der Waals surface area contributed by atoms with Gasteiger partial charge < -0.3 is 10.6 Å². The quantitative estimate of drug-likeness (QED) is 0.710. The summed E-state index contributed by atoms with van der Waals surface area (Å²) >= 11 is 0. The summed E-state index contributed by atoms with van der Waals surface area (Å²) in [7, 11) is 0. The molecule has 2 aliphatic rings. The molecule has 3 nitrogen and oxygen atoms in total. The molecule has 1 saturated heterocycles. The third-order valence-electron chi connectivity index (χ3n) is 4.11. The minimum atomic E-state index is 0.135.